The lowest BCUT2D eigenvalue weighted by molar-refractivity contribution is 0.0768. The van der Waals surface area contributed by atoms with Gasteiger partial charge in [-0.05, 0) is 37.2 Å². The van der Waals surface area contributed by atoms with Gasteiger partial charge in [-0.1, -0.05) is 18.2 Å². The predicted octanol–water partition coefficient (Wildman–Crippen LogP) is 3.58. The first-order chi connectivity index (χ1) is 12.3. The van der Waals surface area contributed by atoms with Crippen molar-refractivity contribution in [3.8, 4) is 11.3 Å². The van der Waals surface area contributed by atoms with Crippen LogP contribution in [0.1, 0.15) is 16.8 Å². The Bertz CT molecular complexity index is 897. The molecule has 4 rings (SSSR count). The molecule has 1 saturated heterocycles. The van der Waals surface area contributed by atoms with Crippen molar-refractivity contribution in [1.82, 2.24) is 20.2 Å². The maximum atomic E-state index is 13.2. The molecular formula is C20H22Cl2N4O. The average molecular weight is 405 g/mol. The minimum absolute atomic E-state index is 0. The quantitative estimate of drug-likeness (QED) is 0.708. The van der Waals surface area contributed by atoms with Gasteiger partial charge in [0, 0.05) is 43.0 Å². The number of benzene rings is 1. The zero-order valence-electron chi connectivity index (χ0n) is 14.8. The standard InChI is InChI=1S/C20H20N4O.2ClH/c25-20(24-11-4-9-21-10-12-24)17-13-19(15-5-3-8-22-14-15)23-18-7-2-1-6-16(17)18;;/h1-3,5-8,13-14,21H,4,9-12H2;2*1H. The SMILES string of the molecule is Cl.Cl.O=C(c1cc(-c2cccnc2)nc2ccccc12)N1CCCNCC1. The Balaban J connectivity index is 0.00000131. The first kappa shape index (κ1) is 21.1. The molecule has 1 aliphatic heterocycles. The van der Waals surface area contributed by atoms with E-state index in [4.69, 9.17) is 4.98 Å². The number of nitrogens with one attached hydrogen (secondary N) is 1. The van der Waals surface area contributed by atoms with E-state index in [-0.39, 0.29) is 30.7 Å². The van der Waals surface area contributed by atoms with Crippen LogP contribution in [0.2, 0.25) is 0 Å². The van der Waals surface area contributed by atoms with Gasteiger partial charge in [0.2, 0.25) is 0 Å². The highest BCUT2D eigenvalue weighted by atomic mass is 35.5. The van der Waals surface area contributed by atoms with E-state index < -0.39 is 0 Å². The summed E-state index contributed by atoms with van der Waals surface area (Å²) in [7, 11) is 0. The third kappa shape index (κ3) is 4.56. The second-order valence-corrected chi connectivity index (χ2v) is 6.21. The molecule has 1 amide bonds. The number of fused-ring (bicyclic) bond motifs is 1. The van der Waals surface area contributed by atoms with Gasteiger partial charge in [-0.15, -0.1) is 24.8 Å². The van der Waals surface area contributed by atoms with Gasteiger partial charge in [-0.25, -0.2) is 4.98 Å². The maximum absolute atomic E-state index is 13.2. The van der Waals surface area contributed by atoms with Crippen molar-refractivity contribution in [2.24, 2.45) is 0 Å². The smallest absolute Gasteiger partial charge is 0.254 e. The van der Waals surface area contributed by atoms with Gasteiger partial charge < -0.3 is 10.2 Å². The number of carbonyl (C=O) groups excluding carboxylic acids is 1. The molecule has 0 atom stereocenters. The number of nitrogens with zero attached hydrogens (tertiary/aromatic N) is 3. The Kier molecular flexibility index (Phi) is 7.54. The number of hydrogen-bond acceptors (Lipinski definition) is 4. The van der Waals surface area contributed by atoms with E-state index >= 15 is 0 Å². The fourth-order valence-corrected chi connectivity index (χ4v) is 3.23. The van der Waals surface area contributed by atoms with Crippen LogP contribution in [0.5, 0.6) is 0 Å². The largest absolute Gasteiger partial charge is 0.337 e. The number of halogens is 2. The summed E-state index contributed by atoms with van der Waals surface area (Å²) >= 11 is 0. The second kappa shape index (κ2) is 9.65. The predicted molar refractivity (Wildman–Crippen MR) is 113 cm³/mol. The molecular weight excluding hydrogens is 383 g/mol. The summed E-state index contributed by atoms with van der Waals surface area (Å²) in [6.07, 6.45) is 4.49. The van der Waals surface area contributed by atoms with E-state index in [2.05, 4.69) is 10.3 Å². The Hall–Kier alpha value is -2.21. The van der Waals surface area contributed by atoms with Gasteiger partial charge in [0.05, 0.1) is 16.8 Å². The highest BCUT2D eigenvalue weighted by Crippen LogP contribution is 2.25. The van der Waals surface area contributed by atoms with Gasteiger partial charge in [-0.3, -0.25) is 9.78 Å². The second-order valence-electron chi connectivity index (χ2n) is 6.21. The molecule has 0 saturated carbocycles. The zero-order valence-corrected chi connectivity index (χ0v) is 16.4. The number of carbonyl (C=O) groups is 1. The van der Waals surface area contributed by atoms with Gasteiger partial charge in [-0.2, -0.15) is 0 Å². The summed E-state index contributed by atoms with van der Waals surface area (Å²) < 4.78 is 0. The lowest BCUT2D eigenvalue weighted by atomic mass is 10.0. The Morgan fingerprint density at radius 2 is 1.89 bits per heavy atom. The van der Waals surface area contributed by atoms with Crippen LogP contribution >= 0.6 is 24.8 Å². The van der Waals surface area contributed by atoms with Crippen LogP contribution in [-0.2, 0) is 0 Å². The minimum atomic E-state index is 0. The van der Waals surface area contributed by atoms with Crippen LogP contribution in [-0.4, -0.2) is 47.0 Å². The van der Waals surface area contributed by atoms with E-state index in [9.17, 15) is 4.79 Å². The van der Waals surface area contributed by atoms with Crippen molar-refractivity contribution in [1.29, 1.82) is 0 Å². The molecule has 27 heavy (non-hydrogen) atoms. The average Bonchev–Trinajstić information content (AvgIpc) is 2.97. The summed E-state index contributed by atoms with van der Waals surface area (Å²) in [6.45, 7) is 3.31. The molecule has 0 bridgehead atoms. The third-order valence-corrected chi connectivity index (χ3v) is 4.53. The van der Waals surface area contributed by atoms with E-state index in [0.717, 1.165) is 54.8 Å². The van der Waals surface area contributed by atoms with Gasteiger partial charge in [0.1, 0.15) is 0 Å². The number of rotatable bonds is 2. The molecule has 1 N–H and O–H groups in total. The summed E-state index contributed by atoms with van der Waals surface area (Å²) in [4.78, 5) is 24.0. The first-order valence-electron chi connectivity index (χ1n) is 8.63. The molecule has 1 aliphatic rings. The van der Waals surface area contributed by atoms with Crippen LogP contribution < -0.4 is 5.32 Å². The molecule has 3 heterocycles. The van der Waals surface area contributed by atoms with Gasteiger partial charge >= 0.3 is 0 Å². The summed E-state index contributed by atoms with van der Waals surface area (Å²) in [6, 6.07) is 13.6. The molecule has 1 aromatic carbocycles. The van der Waals surface area contributed by atoms with Gasteiger partial charge in [0.15, 0.2) is 0 Å². The van der Waals surface area contributed by atoms with Crippen LogP contribution in [0.25, 0.3) is 22.2 Å². The lowest BCUT2D eigenvalue weighted by Gasteiger charge is -2.21. The van der Waals surface area contributed by atoms with Crippen molar-refractivity contribution >= 4 is 41.6 Å². The van der Waals surface area contributed by atoms with Crippen molar-refractivity contribution in [3.05, 3.63) is 60.4 Å². The van der Waals surface area contributed by atoms with Crippen LogP contribution in [0.15, 0.2) is 54.9 Å². The Morgan fingerprint density at radius 1 is 1.04 bits per heavy atom. The van der Waals surface area contributed by atoms with E-state index in [0.29, 0.717) is 5.56 Å². The summed E-state index contributed by atoms with van der Waals surface area (Å²) in [5, 5.41) is 4.24. The van der Waals surface area contributed by atoms with Crippen molar-refractivity contribution in [3.63, 3.8) is 0 Å². The maximum Gasteiger partial charge on any atom is 0.254 e. The molecule has 1 fully saturated rings. The highest BCUT2D eigenvalue weighted by Gasteiger charge is 2.20. The number of para-hydroxylation sites is 1. The number of hydrogen-bond donors (Lipinski definition) is 1. The van der Waals surface area contributed by atoms with Crippen molar-refractivity contribution < 1.29 is 4.79 Å². The first-order valence-corrected chi connectivity index (χ1v) is 8.63. The number of pyridine rings is 2. The van der Waals surface area contributed by atoms with E-state index in [1.54, 1.807) is 12.4 Å². The number of aromatic nitrogens is 2. The van der Waals surface area contributed by atoms with Crippen LogP contribution in [0.3, 0.4) is 0 Å². The fourth-order valence-electron chi connectivity index (χ4n) is 3.23. The topological polar surface area (TPSA) is 58.1 Å². The highest BCUT2D eigenvalue weighted by molar-refractivity contribution is 6.07. The zero-order chi connectivity index (χ0) is 17.1. The van der Waals surface area contributed by atoms with E-state index in [1.807, 2.05) is 47.4 Å². The van der Waals surface area contributed by atoms with Crippen molar-refractivity contribution in [2.45, 2.75) is 6.42 Å². The Morgan fingerprint density at radius 3 is 2.70 bits per heavy atom. The number of amides is 1. The summed E-state index contributed by atoms with van der Waals surface area (Å²) in [5.74, 6) is 0.0763. The minimum Gasteiger partial charge on any atom is -0.337 e. The fraction of sp³-hybridized carbons (Fsp3) is 0.250. The molecule has 3 aromatic rings. The molecule has 0 aliphatic carbocycles. The third-order valence-electron chi connectivity index (χ3n) is 4.53. The van der Waals surface area contributed by atoms with Crippen molar-refractivity contribution in [2.75, 3.05) is 26.2 Å². The molecule has 2 aromatic heterocycles. The molecule has 0 radical (unpaired) electrons. The van der Waals surface area contributed by atoms with Crippen LogP contribution in [0.4, 0.5) is 0 Å². The molecule has 0 spiro atoms. The monoisotopic (exact) mass is 404 g/mol. The summed E-state index contributed by atoms with van der Waals surface area (Å²) in [5.41, 5.74) is 3.24. The lowest BCUT2D eigenvalue weighted by Crippen LogP contribution is -2.34. The molecule has 0 unspecified atom stereocenters. The normalized spacial score (nSPS) is 14.0. The molecule has 7 heteroatoms. The van der Waals surface area contributed by atoms with Gasteiger partial charge in [0.25, 0.3) is 5.91 Å². The molecule has 5 nitrogen and oxygen atoms in total. The Labute approximate surface area is 171 Å². The molecule has 142 valence electrons. The van der Waals surface area contributed by atoms with E-state index in [1.165, 1.54) is 0 Å². The van der Waals surface area contributed by atoms with Crippen LogP contribution in [0, 0.1) is 0 Å².